The smallest absolute Gasteiger partial charge is 0.0417 e. The molecule has 1 aromatic rings. The molecule has 1 aliphatic carbocycles. The topological polar surface area (TPSA) is 12.0 Å². The molecule has 0 fully saturated rings. The van der Waals surface area contributed by atoms with Crippen molar-refractivity contribution >= 4 is 11.3 Å². The van der Waals surface area contributed by atoms with Gasteiger partial charge in [-0.1, -0.05) is 27.2 Å². The highest BCUT2D eigenvalue weighted by molar-refractivity contribution is 7.12. The first-order chi connectivity index (χ1) is 8.74. The van der Waals surface area contributed by atoms with Crippen molar-refractivity contribution in [1.29, 1.82) is 0 Å². The summed E-state index contributed by atoms with van der Waals surface area (Å²) < 4.78 is 0. The Balaban J connectivity index is 2.11. The van der Waals surface area contributed by atoms with Gasteiger partial charge in [-0.05, 0) is 56.2 Å². The lowest BCUT2D eigenvalue weighted by molar-refractivity contribution is 0.412. The maximum absolute atomic E-state index is 3.68. The van der Waals surface area contributed by atoms with Crippen molar-refractivity contribution in [2.24, 2.45) is 5.92 Å². The van der Waals surface area contributed by atoms with Gasteiger partial charge in [0.2, 0.25) is 0 Å². The first kappa shape index (κ1) is 14.1. The predicted octanol–water partition coefficient (Wildman–Crippen LogP) is 4.71. The Morgan fingerprint density at radius 1 is 1.28 bits per heavy atom. The summed E-state index contributed by atoms with van der Waals surface area (Å²) >= 11 is 2.07. The third kappa shape index (κ3) is 3.36. The zero-order valence-corrected chi connectivity index (χ0v) is 12.9. The quantitative estimate of drug-likeness (QED) is 0.785. The van der Waals surface area contributed by atoms with Gasteiger partial charge in [-0.15, -0.1) is 11.3 Å². The molecule has 102 valence electrons. The van der Waals surface area contributed by atoms with E-state index in [9.17, 15) is 0 Å². The molecule has 0 saturated heterocycles. The van der Waals surface area contributed by atoms with Gasteiger partial charge in [0.1, 0.15) is 0 Å². The van der Waals surface area contributed by atoms with Crippen LogP contribution in [0.3, 0.4) is 0 Å². The van der Waals surface area contributed by atoms with Crippen LogP contribution >= 0.6 is 11.3 Å². The Labute approximate surface area is 116 Å². The van der Waals surface area contributed by atoms with Crippen molar-refractivity contribution in [3.8, 4) is 0 Å². The van der Waals surface area contributed by atoms with Gasteiger partial charge < -0.3 is 5.32 Å². The van der Waals surface area contributed by atoms with Crippen molar-refractivity contribution in [3.05, 3.63) is 21.4 Å². The lowest BCUT2D eigenvalue weighted by atomic mass is 9.96. The molecule has 1 heterocycles. The fourth-order valence-corrected chi connectivity index (χ4v) is 4.15. The third-order valence-electron chi connectivity index (χ3n) is 4.14. The van der Waals surface area contributed by atoms with E-state index in [0.29, 0.717) is 6.04 Å². The Hall–Kier alpha value is -0.340. The summed E-state index contributed by atoms with van der Waals surface area (Å²) in [6.45, 7) is 7.96. The van der Waals surface area contributed by atoms with Crippen molar-refractivity contribution in [2.45, 2.75) is 65.3 Å². The van der Waals surface area contributed by atoms with Crippen LogP contribution in [0.2, 0.25) is 0 Å². The zero-order valence-electron chi connectivity index (χ0n) is 12.1. The van der Waals surface area contributed by atoms with Gasteiger partial charge in [0.15, 0.2) is 0 Å². The maximum Gasteiger partial charge on any atom is 0.0417 e. The minimum atomic E-state index is 0.584. The van der Waals surface area contributed by atoms with Crippen LogP contribution in [0.1, 0.15) is 67.8 Å². The van der Waals surface area contributed by atoms with Crippen LogP contribution in [0.5, 0.6) is 0 Å². The molecule has 2 heteroatoms. The van der Waals surface area contributed by atoms with Crippen LogP contribution in [0.25, 0.3) is 0 Å². The standard InChI is InChI=1S/C16H27NS/c1-4-12(3)10-14(17-5-2)16-11-13-8-6-7-9-15(13)18-16/h11-12,14,17H,4-10H2,1-3H3. The molecule has 1 aliphatic rings. The van der Waals surface area contributed by atoms with Crippen molar-refractivity contribution in [3.63, 3.8) is 0 Å². The second-order valence-electron chi connectivity index (χ2n) is 5.66. The fraction of sp³-hybridized carbons (Fsp3) is 0.750. The minimum Gasteiger partial charge on any atom is -0.310 e. The van der Waals surface area contributed by atoms with Crippen molar-refractivity contribution in [2.75, 3.05) is 6.54 Å². The molecule has 0 aromatic carbocycles. The van der Waals surface area contributed by atoms with E-state index in [1.807, 2.05) is 0 Å². The lowest BCUT2D eigenvalue weighted by Crippen LogP contribution is -2.22. The molecule has 2 atom stereocenters. The zero-order chi connectivity index (χ0) is 13.0. The Morgan fingerprint density at radius 2 is 2.06 bits per heavy atom. The Bertz CT molecular complexity index is 346. The summed E-state index contributed by atoms with van der Waals surface area (Å²) in [4.78, 5) is 3.26. The Kier molecular flexibility index (Phi) is 5.25. The second kappa shape index (κ2) is 6.72. The third-order valence-corrected chi connectivity index (χ3v) is 5.50. The highest BCUT2D eigenvalue weighted by atomic mass is 32.1. The normalized spacial score (nSPS) is 18.4. The van der Waals surface area contributed by atoms with Gasteiger partial charge in [-0.25, -0.2) is 0 Å². The van der Waals surface area contributed by atoms with E-state index < -0.39 is 0 Å². The number of thiophene rings is 1. The number of rotatable bonds is 6. The summed E-state index contributed by atoms with van der Waals surface area (Å²) in [5.74, 6) is 0.813. The molecular formula is C16H27NS. The largest absolute Gasteiger partial charge is 0.310 e. The van der Waals surface area contributed by atoms with Gasteiger partial charge >= 0.3 is 0 Å². The molecule has 0 bridgehead atoms. The van der Waals surface area contributed by atoms with Gasteiger partial charge in [0, 0.05) is 15.8 Å². The van der Waals surface area contributed by atoms with E-state index in [4.69, 9.17) is 0 Å². The first-order valence-corrected chi connectivity index (χ1v) is 8.41. The van der Waals surface area contributed by atoms with Crippen LogP contribution in [-0.4, -0.2) is 6.54 Å². The summed E-state index contributed by atoms with van der Waals surface area (Å²) in [6.07, 6.45) is 7.98. The molecule has 18 heavy (non-hydrogen) atoms. The van der Waals surface area contributed by atoms with Crippen LogP contribution < -0.4 is 5.32 Å². The SMILES string of the molecule is CCNC(CC(C)CC)c1cc2c(s1)CCCC2. The summed E-state index contributed by atoms with van der Waals surface area (Å²) in [6, 6.07) is 3.08. The van der Waals surface area contributed by atoms with Gasteiger partial charge in [-0.3, -0.25) is 0 Å². The highest BCUT2D eigenvalue weighted by Gasteiger charge is 2.19. The van der Waals surface area contributed by atoms with E-state index in [1.54, 1.807) is 15.3 Å². The molecule has 0 spiro atoms. The molecule has 1 nitrogen and oxygen atoms in total. The van der Waals surface area contributed by atoms with Gasteiger partial charge in [0.05, 0.1) is 0 Å². The van der Waals surface area contributed by atoms with Crippen LogP contribution in [-0.2, 0) is 12.8 Å². The molecule has 2 unspecified atom stereocenters. The molecule has 0 amide bonds. The van der Waals surface area contributed by atoms with E-state index in [1.165, 1.54) is 38.5 Å². The number of hydrogen-bond donors (Lipinski definition) is 1. The predicted molar refractivity (Wildman–Crippen MR) is 81.5 cm³/mol. The average Bonchev–Trinajstić information content (AvgIpc) is 2.81. The molecule has 0 radical (unpaired) electrons. The van der Waals surface area contributed by atoms with E-state index in [-0.39, 0.29) is 0 Å². The molecule has 1 aromatic heterocycles. The monoisotopic (exact) mass is 265 g/mol. The molecular weight excluding hydrogens is 238 g/mol. The number of hydrogen-bond acceptors (Lipinski definition) is 2. The summed E-state index contributed by atoms with van der Waals surface area (Å²) in [5, 5.41) is 3.68. The number of aryl methyl sites for hydroxylation is 2. The Morgan fingerprint density at radius 3 is 2.72 bits per heavy atom. The van der Waals surface area contributed by atoms with E-state index in [0.717, 1.165) is 12.5 Å². The van der Waals surface area contributed by atoms with Crippen LogP contribution in [0.4, 0.5) is 0 Å². The first-order valence-electron chi connectivity index (χ1n) is 7.59. The maximum atomic E-state index is 3.68. The van der Waals surface area contributed by atoms with Crippen molar-refractivity contribution < 1.29 is 0 Å². The summed E-state index contributed by atoms with van der Waals surface area (Å²) in [7, 11) is 0. The van der Waals surface area contributed by atoms with E-state index >= 15 is 0 Å². The van der Waals surface area contributed by atoms with Gasteiger partial charge in [-0.2, -0.15) is 0 Å². The second-order valence-corrected chi connectivity index (χ2v) is 6.83. The van der Waals surface area contributed by atoms with E-state index in [2.05, 4.69) is 43.5 Å². The summed E-state index contributed by atoms with van der Waals surface area (Å²) in [5.41, 5.74) is 1.65. The molecule has 0 saturated carbocycles. The van der Waals surface area contributed by atoms with Crippen LogP contribution in [0.15, 0.2) is 6.07 Å². The molecule has 0 aliphatic heterocycles. The minimum absolute atomic E-state index is 0.584. The number of fused-ring (bicyclic) bond motifs is 1. The van der Waals surface area contributed by atoms with Crippen molar-refractivity contribution in [1.82, 2.24) is 5.32 Å². The fourth-order valence-electron chi connectivity index (χ4n) is 2.80. The van der Waals surface area contributed by atoms with Crippen LogP contribution in [0, 0.1) is 5.92 Å². The van der Waals surface area contributed by atoms with Gasteiger partial charge in [0.25, 0.3) is 0 Å². The molecule has 1 N–H and O–H groups in total. The molecule has 2 rings (SSSR count). The average molecular weight is 265 g/mol. The lowest BCUT2D eigenvalue weighted by Gasteiger charge is -2.20. The number of nitrogens with one attached hydrogen (secondary N) is 1. The highest BCUT2D eigenvalue weighted by Crippen LogP contribution is 2.35.